The minimum absolute atomic E-state index is 0. The van der Waals surface area contributed by atoms with E-state index in [9.17, 15) is 33.3 Å². The summed E-state index contributed by atoms with van der Waals surface area (Å²) in [6.45, 7) is 0.188. The first-order chi connectivity index (χ1) is 35.6. The Hall–Kier alpha value is -7.80. The van der Waals surface area contributed by atoms with Gasteiger partial charge in [0.25, 0.3) is 5.91 Å². The van der Waals surface area contributed by atoms with Crippen molar-refractivity contribution < 1.29 is 29.2 Å². The molecule has 13 nitrogen and oxygen atoms in total. The van der Waals surface area contributed by atoms with E-state index in [1.807, 2.05) is 12.1 Å². The predicted octanol–water partition coefficient (Wildman–Crippen LogP) is 13.5. The number of amides is 1. The fourth-order valence-corrected chi connectivity index (χ4v) is 8.54. The summed E-state index contributed by atoms with van der Waals surface area (Å²) in [5.41, 5.74) is 13.0. The molecule has 0 fully saturated rings. The molecule has 75 heavy (non-hydrogen) atoms. The highest BCUT2D eigenvalue weighted by molar-refractivity contribution is 6.36. The molecular formula is C54H42Cl5F3N10O3. The van der Waals surface area contributed by atoms with Crippen LogP contribution in [0.2, 0.25) is 20.1 Å². The van der Waals surface area contributed by atoms with Gasteiger partial charge in [0, 0.05) is 113 Å². The van der Waals surface area contributed by atoms with Crippen LogP contribution in [0, 0.1) is 34.3 Å². The number of benzene rings is 4. The zero-order chi connectivity index (χ0) is 53.1. The van der Waals surface area contributed by atoms with Gasteiger partial charge in [-0.3, -0.25) is 29.1 Å². The number of aromatic amines is 2. The fourth-order valence-electron chi connectivity index (χ4n) is 7.73. The Morgan fingerprint density at radius 1 is 0.707 bits per heavy atom. The first kappa shape index (κ1) is 56.5. The number of carbonyl (C=O) groups is 2. The van der Waals surface area contributed by atoms with Crippen LogP contribution in [0.5, 0.6) is 0 Å². The lowest BCUT2D eigenvalue weighted by Gasteiger charge is -2.09. The lowest BCUT2D eigenvalue weighted by molar-refractivity contribution is 0.0696. The van der Waals surface area contributed by atoms with E-state index in [-0.39, 0.29) is 55.2 Å². The molecule has 6 N–H and O–H groups in total. The first-order valence-corrected chi connectivity index (χ1v) is 23.0. The second-order valence-electron chi connectivity index (χ2n) is 15.8. The average molecular weight is 1110 g/mol. The van der Waals surface area contributed by atoms with E-state index in [1.165, 1.54) is 36.9 Å². The van der Waals surface area contributed by atoms with Crippen molar-refractivity contribution in [3.63, 3.8) is 0 Å². The molecule has 0 unspecified atom stereocenters. The van der Waals surface area contributed by atoms with Gasteiger partial charge in [-0.1, -0.05) is 66.0 Å². The summed E-state index contributed by atoms with van der Waals surface area (Å²) in [4.78, 5) is 46.5. The number of nitrogens with one attached hydrogen (secondary N) is 3. The zero-order valence-corrected chi connectivity index (χ0v) is 42.0. The Morgan fingerprint density at radius 2 is 1.16 bits per heavy atom. The number of nitrogens with zero attached hydrogens (tertiary/aromatic N) is 6. The molecule has 0 saturated carbocycles. The number of rotatable bonds is 9. The minimum Gasteiger partial charge on any atom is -0.478 e. The van der Waals surface area contributed by atoms with Crippen molar-refractivity contribution in [3.05, 3.63) is 210 Å². The summed E-state index contributed by atoms with van der Waals surface area (Å²) >= 11 is 23.9. The van der Waals surface area contributed by atoms with Gasteiger partial charge < -0.3 is 26.1 Å². The number of nitrogens with two attached hydrogens (primary N) is 1. The van der Waals surface area contributed by atoms with Crippen molar-refractivity contribution in [1.82, 2.24) is 35.2 Å². The number of carbonyl (C=O) groups excluding carboxylic acids is 1. The fraction of sp³-hybridized carbons (Fsp3) is 0.111. The Bertz CT molecular complexity index is 3830. The number of fused-ring (bicyclic) bond motifs is 4. The lowest BCUT2D eigenvalue weighted by atomic mass is 10.0. The highest BCUT2D eigenvalue weighted by Crippen LogP contribution is 2.30. The second kappa shape index (κ2) is 26.4. The van der Waals surface area contributed by atoms with Gasteiger partial charge in [0.05, 0.1) is 67.1 Å². The molecule has 0 aliphatic rings. The van der Waals surface area contributed by atoms with Gasteiger partial charge in [-0.25, -0.2) is 13.6 Å². The van der Waals surface area contributed by atoms with Crippen LogP contribution in [0.3, 0.4) is 0 Å². The highest BCUT2D eigenvalue weighted by atomic mass is 35.5. The third-order valence-corrected chi connectivity index (χ3v) is 12.1. The van der Waals surface area contributed by atoms with E-state index >= 15 is 0 Å². The molecule has 6 aromatic heterocycles. The number of aromatic carboxylic acids is 1. The number of alkyl halides is 1. The lowest BCUT2D eigenvalue weighted by Crippen LogP contribution is -2.23. The van der Waals surface area contributed by atoms with Crippen molar-refractivity contribution in [2.24, 2.45) is 5.73 Å². The van der Waals surface area contributed by atoms with Gasteiger partial charge in [0.15, 0.2) is 0 Å². The Morgan fingerprint density at radius 3 is 1.63 bits per heavy atom. The summed E-state index contributed by atoms with van der Waals surface area (Å²) in [6.07, 6.45) is 9.91. The molecule has 4 aromatic carbocycles. The van der Waals surface area contributed by atoms with Crippen LogP contribution in [0.1, 0.15) is 74.3 Å². The van der Waals surface area contributed by atoms with Crippen LogP contribution in [0.4, 0.5) is 13.2 Å². The molecule has 0 aliphatic heterocycles. The van der Waals surface area contributed by atoms with Crippen molar-refractivity contribution in [3.8, 4) is 12.1 Å². The molecule has 10 aromatic rings. The van der Waals surface area contributed by atoms with Crippen LogP contribution < -0.4 is 11.1 Å². The van der Waals surface area contributed by atoms with Crippen LogP contribution in [0.15, 0.2) is 122 Å². The summed E-state index contributed by atoms with van der Waals surface area (Å²) in [5.74, 6) is -2.16. The van der Waals surface area contributed by atoms with Gasteiger partial charge in [0.2, 0.25) is 0 Å². The molecule has 1 amide bonds. The molecular weight excluding hydrogens is 1070 g/mol. The van der Waals surface area contributed by atoms with Gasteiger partial charge >= 0.3 is 5.97 Å². The highest BCUT2D eigenvalue weighted by Gasteiger charge is 2.16. The van der Waals surface area contributed by atoms with Gasteiger partial charge in [-0.2, -0.15) is 10.5 Å². The van der Waals surface area contributed by atoms with Crippen molar-refractivity contribution in [2.75, 3.05) is 7.15 Å². The molecule has 6 heterocycles. The molecule has 0 bridgehead atoms. The third-order valence-electron chi connectivity index (χ3n) is 11.1. The maximum atomic E-state index is 14.8. The van der Waals surface area contributed by atoms with E-state index in [0.717, 1.165) is 21.9 Å². The largest absolute Gasteiger partial charge is 0.478 e. The topological polar surface area (TPSA) is 223 Å². The van der Waals surface area contributed by atoms with Gasteiger partial charge in [-0.05, 0) is 83.9 Å². The quantitative estimate of drug-likeness (QED) is 0.0919. The Balaban J connectivity index is 0.000000223. The molecule has 382 valence electrons. The number of aromatic nitrogens is 6. The number of pyridine rings is 4. The Kier molecular flexibility index (Phi) is 19.9. The number of halogens is 8. The monoisotopic (exact) mass is 1110 g/mol. The summed E-state index contributed by atoms with van der Waals surface area (Å²) in [6, 6.07) is 28.0. The molecule has 0 atom stereocenters. The Labute approximate surface area is 454 Å². The van der Waals surface area contributed by atoms with E-state index in [2.05, 4.69) is 47.4 Å². The first-order valence-electron chi connectivity index (χ1n) is 22.2. The molecule has 0 radical (unpaired) electrons. The maximum Gasteiger partial charge on any atom is 0.335 e. The van der Waals surface area contributed by atoms with Crippen LogP contribution in [-0.4, -0.2) is 54.0 Å². The van der Waals surface area contributed by atoms with E-state index in [0.29, 0.717) is 100.0 Å². The third kappa shape index (κ3) is 13.7. The smallest absolute Gasteiger partial charge is 0.335 e. The molecule has 0 saturated heterocycles. The molecule has 0 aliphatic carbocycles. The number of carboxylic acids is 1. The SMILES string of the molecule is C.Cl.N#Cc1cc(Cc2cc(C(=O)NCc3ccc4[nH]cc(Cl)c4c3F)ccn2)cc2cc(Cl)cnc12.N#Cc1cc(Cc2cc(C(=O)O)ccn2)cc2cc(Cl)cnc12.NCc1ccc2[nH]cc(Cl)c2c1F.[2H]CF. The maximum absolute atomic E-state index is 14.8. The van der Waals surface area contributed by atoms with Crippen molar-refractivity contribution >= 4 is 114 Å². The average Bonchev–Trinajstić information content (AvgIpc) is 3.98. The number of H-pyrrole nitrogens is 2. The molecule has 10 rings (SSSR count). The number of carboxylic acid groups (broad SMARTS) is 1. The van der Waals surface area contributed by atoms with Crippen LogP contribution in [-0.2, 0) is 25.9 Å². The number of hydrogen-bond donors (Lipinski definition) is 5. The van der Waals surface area contributed by atoms with Crippen LogP contribution >= 0.6 is 58.8 Å². The standard InChI is InChI=1S/C26H16Cl2FN5O.C17H10ClN3O2.C9H8ClFN2.CH3F.CH4.ClH/c27-19-8-17-5-14(6-18(10-30)25(17)33-12-19)7-20-9-15(3-4-31-20)26(35)34-11-16-1-2-22-23(24(16)29)21(28)13-32-22;18-14-6-12-3-10(4-13(8-19)16(12)21-9-14)5-15-7-11(17(22)23)1-2-20-15;10-6-4-13-7-2-1-5(3-12)9(11)8(6)7;1-2;;/h1-6,8-9,12-13,32H,7,11H2,(H,34,35);1-4,6-7,9H,5H2,(H,22,23);1-2,4,13H,3,12H2;1H3;1H4;1H/i;;;1D;;. The second-order valence-corrected chi connectivity index (χ2v) is 17.5. The molecule has 21 heteroatoms. The van der Waals surface area contributed by atoms with E-state index in [4.69, 9.17) is 58.6 Å². The van der Waals surface area contributed by atoms with Gasteiger partial charge in [0.1, 0.15) is 23.8 Å². The number of hydrogen-bond acceptors (Lipinski definition) is 9. The normalized spacial score (nSPS) is 10.5. The van der Waals surface area contributed by atoms with E-state index < -0.39 is 18.9 Å². The predicted molar refractivity (Wildman–Crippen MR) is 291 cm³/mol. The minimum atomic E-state index is -1.00. The summed E-state index contributed by atoms with van der Waals surface area (Å²) in [7, 11) is -1.00. The van der Waals surface area contributed by atoms with E-state index in [1.54, 1.807) is 73.1 Å². The van der Waals surface area contributed by atoms with Gasteiger partial charge in [-0.15, -0.1) is 12.4 Å². The summed E-state index contributed by atoms with van der Waals surface area (Å²) in [5, 5.41) is 34.5. The zero-order valence-electron chi connectivity index (χ0n) is 39.2. The van der Waals surface area contributed by atoms with Crippen molar-refractivity contribution in [1.29, 1.82) is 10.5 Å². The van der Waals surface area contributed by atoms with Crippen LogP contribution in [0.25, 0.3) is 43.6 Å². The number of nitriles is 2. The molecule has 0 spiro atoms. The van der Waals surface area contributed by atoms with Crippen molar-refractivity contribution in [2.45, 2.75) is 33.4 Å². The summed E-state index contributed by atoms with van der Waals surface area (Å²) < 4.78 is 43.9.